The lowest BCUT2D eigenvalue weighted by Gasteiger charge is -2.25. The zero-order chi connectivity index (χ0) is 22.2. The molecule has 2 aromatic rings. The number of nitrogens with two attached hydrogens (primary N) is 1. The molecule has 7 heteroatoms. The molecule has 3 N–H and O–H groups in total. The van der Waals surface area contributed by atoms with Gasteiger partial charge in [-0.15, -0.1) is 0 Å². The first-order valence-electron chi connectivity index (χ1n) is 10.7. The smallest absolute Gasteiger partial charge is 0.364 e. The lowest BCUT2D eigenvalue weighted by Crippen LogP contribution is -2.98. The van der Waals surface area contributed by atoms with Crippen molar-refractivity contribution in [1.82, 2.24) is 0 Å². The number of aliphatic carboxylic acids is 1. The van der Waals surface area contributed by atoms with Gasteiger partial charge in [0.25, 0.3) is 5.91 Å². The quantitative estimate of drug-likeness (QED) is 0.594. The van der Waals surface area contributed by atoms with E-state index in [2.05, 4.69) is 0 Å². The summed E-state index contributed by atoms with van der Waals surface area (Å²) in [5.41, 5.74) is 2.67. The molecule has 31 heavy (non-hydrogen) atoms. The number of hydrogen-bond donors (Lipinski definition) is 2. The molecule has 1 aliphatic rings. The Kier molecular flexibility index (Phi) is 7.78. The summed E-state index contributed by atoms with van der Waals surface area (Å²) in [5, 5.41) is 11.1. The number of carboxylic acids is 1. The van der Waals surface area contributed by atoms with E-state index < -0.39 is 24.6 Å². The van der Waals surface area contributed by atoms with Gasteiger partial charge in [0.15, 0.2) is 12.1 Å². The molecule has 0 aromatic heterocycles. The number of carboxylic acid groups (broad SMARTS) is 1. The van der Waals surface area contributed by atoms with Crippen molar-refractivity contribution in [3.63, 3.8) is 0 Å². The molecule has 0 aliphatic carbocycles. The summed E-state index contributed by atoms with van der Waals surface area (Å²) in [6, 6.07) is 16.1. The summed E-state index contributed by atoms with van der Waals surface area (Å²) in [6.45, 7) is 1.62. The summed E-state index contributed by atoms with van der Waals surface area (Å²) in [5.74, 6) is -1.71. The number of anilines is 1. The molecule has 0 spiro atoms. The van der Waals surface area contributed by atoms with Gasteiger partial charge in [-0.1, -0.05) is 48.5 Å². The summed E-state index contributed by atoms with van der Waals surface area (Å²) in [6.07, 6.45) is 2.36. The molecule has 1 heterocycles. The molecule has 1 aliphatic heterocycles. The van der Waals surface area contributed by atoms with Crippen LogP contribution in [-0.2, 0) is 32.0 Å². The van der Waals surface area contributed by atoms with Gasteiger partial charge in [0, 0.05) is 18.5 Å². The van der Waals surface area contributed by atoms with Gasteiger partial charge in [0.1, 0.15) is 6.54 Å². The Hall–Kier alpha value is -3.19. The zero-order valence-electron chi connectivity index (χ0n) is 17.7. The van der Waals surface area contributed by atoms with Crippen molar-refractivity contribution in [2.45, 2.75) is 44.7 Å². The van der Waals surface area contributed by atoms with Gasteiger partial charge < -0.3 is 15.2 Å². The molecule has 0 unspecified atom stereocenters. The molecule has 7 nitrogen and oxygen atoms in total. The van der Waals surface area contributed by atoms with E-state index in [1.165, 1.54) is 4.90 Å². The third-order valence-corrected chi connectivity index (χ3v) is 5.52. The van der Waals surface area contributed by atoms with Crippen molar-refractivity contribution in [3.8, 4) is 0 Å². The number of fused-ring (bicyclic) bond motifs is 1. The Morgan fingerprint density at radius 2 is 1.87 bits per heavy atom. The van der Waals surface area contributed by atoms with Crippen LogP contribution in [0.5, 0.6) is 0 Å². The van der Waals surface area contributed by atoms with Gasteiger partial charge in [-0.3, -0.25) is 14.5 Å². The average molecular weight is 426 g/mol. The number of aryl methyl sites for hydroxylation is 2. The van der Waals surface area contributed by atoms with E-state index in [0.29, 0.717) is 31.4 Å². The van der Waals surface area contributed by atoms with E-state index in [1.54, 1.807) is 24.4 Å². The van der Waals surface area contributed by atoms with Crippen molar-refractivity contribution < 1.29 is 29.5 Å². The molecule has 0 saturated carbocycles. The van der Waals surface area contributed by atoms with Crippen LogP contribution in [-0.4, -0.2) is 48.2 Å². The first-order chi connectivity index (χ1) is 15.0. The molecular weight excluding hydrogens is 396 g/mol. The van der Waals surface area contributed by atoms with Crippen molar-refractivity contribution in [1.29, 1.82) is 0 Å². The second-order valence-electron chi connectivity index (χ2n) is 7.67. The highest BCUT2D eigenvalue weighted by atomic mass is 16.5. The van der Waals surface area contributed by atoms with Crippen LogP contribution in [0.15, 0.2) is 54.6 Å². The second-order valence-corrected chi connectivity index (χ2v) is 7.67. The summed E-state index contributed by atoms with van der Waals surface area (Å²) in [4.78, 5) is 38.7. The highest BCUT2D eigenvalue weighted by molar-refractivity contribution is 6.01. The first kappa shape index (κ1) is 22.5. The Labute approximate surface area is 182 Å². The highest BCUT2D eigenvalue weighted by Crippen LogP contribution is 2.26. The Morgan fingerprint density at radius 1 is 1.16 bits per heavy atom. The molecule has 0 fully saturated rings. The predicted molar refractivity (Wildman–Crippen MR) is 116 cm³/mol. The molecule has 0 bridgehead atoms. The normalized spacial score (nSPS) is 16.9. The Bertz CT molecular complexity index is 915. The lowest BCUT2D eigenvalue weighted by molar-refractivity contribution is -0.699. The fourth-order valence-electron chi connectivity index (χ4n) is 4.01. The van der Waals surface area contributed by atoms with E-state index in [1.807, 2.05) is 42.5 Å². The molecule has 0 saturated heterocycles. The van der Waals surface area contributed by atoms with Crippen LogP contribution in [0.2, 0.25) is 0 Å². The van der Waals surface area contributed by atoms with Crippen LogP contribution >= 0.6 is 0 Å². The van der Waals surface area contributed by atoms with E-state index in [-0.39, 0.29) is 18.5 Å². The monoisotopic (exact) mass is 425 g/mol. The molecule has 164 valence electrons. The van der Waals surface area contributed by atoms with Crippen LogP contribution in [0, 0.1) is 0 Å². The van der Waals surface area contributed by atoms with Crippen molar-refractivity contribution in [2.75, 3.05) is 18.1 Å². The summed E-state index contributed by atoms with van der Waals surface area (Å²) >= 11 is 0. The topological polar surface area (TPSA) is 101 Å². The largest absolute Gasteiger partial charge is 0.480 e. The van der Waals surface area contributed by atoms with Crippen LogP contribution in [0.3, 0.4) is 0 Å². The third kappa shape index (κ3) is 5.92. The number of nitrogens with zero attached hydrogens (tertiary/aromatic N) is 1. The fourth-order valence-corrected chi connectivity index (χ4v) is 4.01. The van der Waals surface area contributed by atoms with Crippen LogP contribution in [0.1, 0.15) is 30.9 Å². The van der Waals surface area contributed by atoms with Gasteiger partial charge in [0.2, 0.25) is 0 Å². The van der Waals surface area contributed by atoms with Crippen molar-refractivity contribution >= 4 is 23.5 Å². The number of carbonyl (C=O) groups excluding carboxylic acids is 2. The van der Waals surface area contributed by atoms with Crippen LogP contribution < -0.4 is 10.2 Å². The molecule has 2 atom stereocenters. The van der Waals surface area contributed by atoms with Gasteiger partial charge in [0.05, 0.1) is 6.61 Å². The van der Waals surface area contributed by atoms with E-state index in [0.717, 1.165) is 11.1 Å². The number of benzene rings is 2. The highest BCUT2D eigenvalue weighted by Gasteiger charge is 2.37. The second kappa shape index (κ2) is 10.7. The average Bonchev–Trinajstić information content (AvgIpc) is 2.89. The number of ether oxygens (including phenoxy) is 1. The minimum Gasteiger partial charge on any atom is -0.480 e. The minimum absolute atomic E-state index is 0.268. The molecule has 2 aromatic carbocycles. The van der Waals surface area contributed by atoms with Crippen molar-refractivity contribution in [2.24, 2.45) is 0 Å². The van der Waals surface area contributed by atoms with Gasteiger partial charge in [-0.2, -0.15) is 0 Å². The maximum Gasteiger partial charge on any atom is 0.364 e. The van der Waals surface area contributed by atoms with E-state index in [9.17, 15) is 19.5 Å². The zero-order valence-corrected chi connectivity index (χ0v) is 17.7. The number of amides is 1. The summed E-state index contributed by atoms with van der Waals surface area (Å²) in [7, 11) is 0. The lowest BCUT2D eigenvalue weighted by atomic mass is 10.0. The first-order valence-corrected chi connectivity index (χ1v) is 10.7. The number of para-hydroxylation sites is 1. The molecule has 1 amide bonds. The minimum atomic E-state index is -1.07. The number of esters is 1. The number of hydrogen-bond acceptors (Lipinski definition) is 4. The summed E-state index contributed by atoms with van der Waals surface area (Å²) < 4.78 is 5.26. The third-order valence-electron chi connectivity index (χ3n) is 5.52. The van der Waals surface area contributed by atoms with E-state index in [4.69, 9.17) is 4.74 Å². The van der Waals surface area contributed by atoms with Gasteiger partial charge in [-0.25, -0.2) is 4.79 Å². The standard InChI is InChI=1S/C24H28N2O5/c1-2-31-24(30)20(14-12-17-8-4-3-5-9-17)25-19-15-13-18-10-6-7-11-21(18)26(23(19)29)16-22(27)28/h3-11,19-20,25H,2,12-16H2,1H3,(H,27,28)/p+1/t19-,20+/m1/s1. The molecule has 3 rings (SSSR count). The maximum absolute atomic E-state index is 13.3. The Balaban J connectivity index is 1.79. The molecular formula is C24H29N2O5+. The Morgan fingerprint density at radius 3 is 2.58 bits per heavy atom. The fraction of sp³-hybridized carbons (Fsp3) is 0.375. The SMILES string of the molecule is CCOC(=O)[C@H](CCc1ccccc1)[NH2+][C@@H]1CCc2ccccc2N(CC(=O)O)C1=O. The maximum atomic E-state index is 13.3. The number of carbonyl (C=O) groups is 3. The number of quaternary nitrogens is 1. The van der Waals surface area contributed by atoms with Crippen LogP contribution in [0.4, 0.5) is 5.69 Å². The van der Waals surface area contributed by atoms with Gasteiger partial charge >= 0.3 is 11.9 Å². The van der Waals surface area contributed by atoms with Crippen LogP contribution in [0.25, 0.3) is 0 Å². The number of rotatable bonds is 9. The molecule has 0 radical (unpaired) electrons. The van der Waals surface area contributed by atoms with Crippen molar-refractivity contribution in [3.05, 3.63) is 65.7 Å². The van der Waals surface area contributed by atoms with Gasteiger partial charge in [-0.05, 0) is 37.0 Å². The predicted octanol–water partition coefficient (Wildman–Crippen LogP) is 1.55. The van der Waals surface area contributed by atoms with E-state index >= 15 is 0 Å².